The van der Waals surface area contributed by atoms with Crippen molar-refractivity contribution in [3.63, 3.8) is 0 Å². The van der Waals surface area contributed by atoms with E-state index in [9.17, 15) is 10.1 Å². The Hall–Kier alpha value is -1.58. The van der Waals surface area contributed by atoms with Crippen LogP contribution in [0.1, 0.15) is 25.8 Å². The van der Waals surface area contributed by atoms with Gasteiger partial charge in [0, 0.05) is 12.1 Å². The van der Waals surface area contributed by atoms with Crippen molar-refractivity contribution in [1.29, 1.82) is 0 Å². The molecule has 1 N–H and O–H groups in total. The van der Waals surface area contributed by atoms with Gasteiger partial charge in [-0.2, -0.15) is 0 Å². The van der Waals surface area contributed by atoms with E-state index in [-0.39, 0.29) is 16.7 Å². The highest BCUT2D eigenvalue weighted by atomic mass is 16.6. The molecule has 0 aliphatic heterocycles. The van der Waals surface area contributed by atoms with Gasteiger partial charge in [-0.3, -0.25) is 10.1 Å². The Morgan fingerprint density at radius 3 is 2.73 bits per heavy atom. The topological polar surface area (TPSA) is 55.2 Å². The number of nitrogens with one attached hydrogen (secondary N) is 1. The maximum absolute atomic E-state index is 10.8. The van der Waals surface area contributed by atoms with Gasteiger partial charge in [0.05, 0.1) is 4.92 Å². The fourth-order valence-corrected chi connectivity index (χ4v) is 1.29. The summed E-state index contributed by atoms with van der Waals surface area (Å²) in [7, 11) is 0. The molecule has 0 spiro atoms. The van der Waals surface area contributed by atoms with Gasteiger partial charge in [-0.1, -0.05) is 13.0 Å². The van der Waals surface area contributed by atoms with Crippen LogP contribution in [-0.2, 0) is 0 Å². The number of benzene rings is 1. The summed E-state index contributed by atoms with van der Waals surface area (Å²) in [5.41, 5.74) is 1.77. The minimum Gasteiger partial charge on any atom is -0.377 e. The number of hydrogen-bond acceptors (Lipinski definition) is 3. The molecule has 0 bridgehead atoms. The van der Waals surface area contributed by atoms with Gasteiger partial charge < -0.3 is 5.32 Å². The lowest BCUT2D eigenvalue weighted by atomic mass is 10.1. The molecular formula is C11H16N2O2. The number of aryl methyl sites for hydroxylation is 1. The fourth-order valence-electron chi connectivity index (χ4n) is 1.29. The first kappa shape index (κ1) is 11.5. The van der Waals surface area contributed by atoms with Crippen molar-refractivity contribution < 1.29 is 4.92 Å². The van der Waals surface area contributed by atoms with Crippen LogP contribution in [0.2, 0.25) is 0 Å². The van der Waals surface area contributed by atoms with E-state index in [1.165, 1.54) is 0 Å². The van der Waals surface area contributed by atoms with Crippen molar-refractivity contribution in [2.24, 2.45) is 0 Å². The lowest BCUT2D eigenvalue weighted by Gasteiger charge is -2.13. The molecule has 0 aromatic heterocycles. The van der Waals surface area contributed by atoms with E-state index in [1.54, 1.807) is 12.1 Å². The lowest BCUT2D eigenvalue weighted by molar-refractivity contribution is -0.384. The van der Waals surface area contributed by atoms with Gasteiger partial charge in [0.2, 0.25) is 0 Å². The quantitative estimate of drug-likeness (QED) is 0.611. The average Bonchev–Trinajstić information content (AvgIpc) is 2.17. The Morgan fingerprint density at radius 1 is 1.53 bits per heavy atom. The largest absolute Gasteiger partial charge is 0.377 e. The maximum atomic E-state index is 10.8. The van der Waals surface area contributed by atoms with Gasteiger partial charge in [-0.15, -0.1) is 0 Å². The summed E-state index contributed by atoms with van der Waals surface area (Å²) >= 11 is 0. The summed E-state index contributed by atoms with van der Waals surface area (Å²) < 4.78 is 0. The third kappa shape index (κ3) is 2.94. The van der Waals surface area contributed by atoms with Gasteiger partial charge in [-0.25, -0.2) is 0 Å². The number of rotatable bonds is 4. The molecule has 1 aromatic carbocycles. The molecule has 15 heavy (non-hydrogen) atoms. The van der Waals surface area contributed by atoms with E-state index >= 15 is 0 Å². The fraction of sp³-hybridized carbons (Fsp3) is 0.455. The molecule has 1 unspecified atom stereocenters. The van der Waals surface area contributed by atoms with Crippen molar-refractivity contribution in [3.8, 4) is 0 Å². The van der Waals surface area contributed by atoms with Crippen LogP contribution in [0.4, 0.5) is 11.4 Å². The predicted molar refractivity (Wildman–Crippen MR) is 61.2 cm³/mol. The van der Waals surface area contributed by atoms with E-state index in [1.807, 2.05) is 26.8 Å². The first-order chi connectivity index (χ1) is 7.04. The Labute approximate surface area is 89.5 Å². The lowest BCUT2D eigenvalue weighted by Crippen LogP contribution is -2.14. The van der Waals surface area contributed by atoms with Gasteiger partial charge in [0.25, 0.3) is 5.69 Å². The number of nitro benzene ring substituents is 1. The second kappa shape index (κ2) is 4.77. The highest BCUT2D eigenvalue weighted by Gasteiger charge is 2.14. The zero-order valence-electron chi connectivity index (χ0n) is 9.28. The maximum Gasteiger partial charge on any atom is 0.292 e. The van der Waals surface area contributed by atoms with Gasteiger partial charge in [-0.05, 0) is 31.9 Å². The van der Waals surface area contributed by atoms with Crippen LogP contribution in [0.5, 0.6) is 0 Å². The van der Waals surface area contributed by atoms with E-state index in [0.29, 0.717) is 5.69 Å². The summed E-state index contributed by atoms with van der Waals surface area (Å²) in [5.74, 6) is 0. The molecule has 0 amide bonds. The third-order valence-electron chi connectivity index (χ3n) is 2.36. The van der Waals surface area contributed by atoms with E-state index < -0.39 is 0 Å². The van der Waals surface area contributed by atoms with Crippen LogP contribution >= 0.6 is 0 Å². The minimum atomic E-state index is -0.357. The second-order valence-corrected chi connectivity index (χ2v) is 3.73. The molecule has 0 radical (unpaired) electrons. The molecule has 0 saturated carbocycles. The predicted octanol–water partition coefficient (Wildman–Crippen LogP) is 3.11. The summed E-state index contributed by atoms with van der Waals surface area (Å²) in [6, 6.07) is 5.34. The first-order valence-corrected chi connectivity index (χ1v) is 5.06. The van der Waals surface area contributed by atoms with Crippen molar-refractivity contribution >= 4 is 11.4 Å². The van der Waals surface area contributed by atoms with Crippen molar-refractivity contribution in [3.05, 3.63) is 33.9 Å². The molecule has 82 valence electrons. The molecule has 1 aromatic rings. The van der Waals surface area contributed by atoms with Crippen LogP contribution in [0.25, 0.3) is 0 Å². The van der Waals surface area contributed by atoms with E-state index in [2.05, 4.69) is 5.32 Å². The zero-order valence-corrected chi connectivity index (χ0v) is 9.28. The molecule has 1 rings (SSSR count). The van der Waals surface area contributed by atoms with E-state index in [4.69, 9.17) is 0 Å². The molecular weight excluding hydrogens is 192 g/mol. The van der Waals surface area contributed by atoms with E-state index in [0.717, 1.165) is 12.0 Å². The van der Waals surface area contributed by atoms with Gasteiger partial charge in [0.1, 0.15) is 5.69 Å². The minimum absolute atomic E-state index is 0.140. The SMILES string of the molecule is CCC(C)Nc1cc(C)ccc1[N+](=O)[O-]. The van der Waals surface area contributed by atoms with Gasteiger partial charge in [0.15, 0.2) is 0 Å². The second-order valence-electron chi connectivity index (χ2n) is 3.73. The van der Waals surface area contributed by atoms with Crippen LogP contribution in [0.3, 0.4) is 0 Å². The summed E-state index contributed by atoms with van der Waals surface area (Å²) in [6.45, 7) is 5.97. The molecule has 0 heterocycles. The third-order valence-corrected chi connectivity index (χ3v) is 2.36. The standard InChI is InChI=1S/C11H16N2O2/c1-4-9(3)12-10-7-8(2)5-6-11(10)13(14)15/h5-7,9,12H,4H2,1-3H3. The van der Waals surface area contributed by atoms with Gasteiger partial charge >= 0.3 is 0 Å². The molecule has 1 atom stereocenters. The van der Waals surface area contributed by atoms with Crippen molar-refractivity contribution in [1.82, 2.24) is 0 Å². The Kier molecular flexibility index (Phi) is 3.66. The number of hydrogen-bond donors (Lipinski definition) is 1. The molecule has 0 saturated heterocycles. The van der Waals surface area contributed by atoms with Crippen molar-refractivity contribution in [2.75, 3.05) is 5.32 Å². The Morgan fingerprint density at radius 2 is 2.20 bits per heavy atom. The molecule has 0 fully saturated rings. The molecule has 4 heteroatoms. The van der Waals surface area contributed by atoms with Crippen molar-refractivity contribution in [2.45, 2.75) is 33.2 Å². The smallest absolute Gasteiger partial charge is 0.292 e. The Balaban J connectivity index is 3.02. The normalized spacial score (nSPS) is 12.2. The van der Waals surface area contributed by atoms with Crippen LogP contribution in [-0.4, -0.2) is 11.0 Å². The number of anilines is 1. The molecule has 0 aliphatic rings. The van der Waals surface area contributed by atoms with Crippen LogP contribution in [0, 0.1) is 17.0 Å². The Bertz CT molecular complexity index is 364. The van der Waals surface area contributed by atoms with Crippen LogP contribution in [0.15, 0.2) is 18.2 Å². The first-order valence-electron chi connectivity index (χ1n) is 5.06. The number of nitrogens with zero attached hydrogens (tertiary/aromatic N) is 1. The molecule has 4 nitrogen and oxygen atoms in total. The number of nitro groups is 1. The average molecular weight is 208 g/mol. The summed E-state index contributed by atoms with van der Waals surface area (Å²) in [6.07, 6.45) is 0.936. The highest BCUT2D eigenvalue weighted by Crippen LogP contribution is 2.26. The highest BCUT2D eigenvalue weighted by molar-refractivity contribution is 5.63. The summed E-state index contributed by atoms with van der Waals surface area (Å²) in [5, 5.41) is 13.9. The zero-order chi connectivity index (χ0) is 11.4. The summed E-state index contributed by atoms with van der Waals surface area (Å²) in [4.78, 5) is 10.4. The monoisotopic (exact) mass is 208 g/mol. The molecule has 0 aliphatic carbocycles. The van der Waals surface area contributed by atoms with Crippen LogP contribution < -0.4 is 5.32 Å².